The van der Waals surface area contributed by atoms with Gasteiger partial charge in [-0.15, -0.1) is 0 Å². The van der Waals surface area contributed by atoms with Crippen molar-refractivity contribution >= 4 is 11.9 Å². The quantitative estimate of drug-likeness (QED) is 0.316. The van der Waals surface area contributed by atoms with Gasteiger partial charge in [0, 0.05) is 23.0 Å². The maximum atomic E-state index is 11.2. The van der Waals surface area contributed by atoms with E-state index in [9.17, 15) is 9.59 Å². The molecular weight excluding hydrogens is 336 g/mol. The van der Waals surface area contributed by atoms with E-state index in [1.54, 1.807) is 0 Å². The van der Waals surface area contributed by atoms with Crippen molar-refractivity contribution < 1.29 is 28.5 Å². The molecule has 1 rings (SSSR count). The number of hydrogen-bond donors (Lipinski definition) is 0. The molecule has 1 aliphatic rings. The standard InChI is InChI=1S/C20H32O6/c1-6-16(21)23-12-9-10-19(4,5)18-25-14-20(8-3,15-26-18)11-13-24-17(22)7-2/h6-7,18H,1-2,8-15H2,3-5H3. The predicted molar refractivity (Wildman–Crippen MR) is 98.4 cm³/mol. The van der Waals surface area contributed by atoms with Gasteiger partial charge in [-0.2, -0.15) is 0 Å². The van der Waals surface area contributed by atoms with Crippen LogP contribution in [0.2, 0.25) is 0 Å². The van der Waals surface area contributed by atoms with E-state index in [1.165, 1.54) is 0 Å². The number of esters is 2. The fourth-order valence-corrected chi connectivity index (χ4v) is 2.88. The third-order valence-electron chi connectivity index (χ3n) is 4.89. The molecule has 0 bridgehead atoms. The number of ether oxygens (including phenoxy) is 4. The lowest BCUT2D eigenvalue weighted by atomic mass is 9.81. The second kappa shape index (κ2) is 10.5. The van der Waals surface area contributed by atoms with E-state index in [-0.39, 0.29) is 17.1 Å². The minimum Gasteiger partial charge on any atom is -0.463 e. The lowest BCUT2D eigenvalue weighted by molar-refractivity contribution is -0.273. The van der Waals surface area contributed by atoms with E-state index in [0.717, 1.165) is 31.4 Å². The van der Waals surface area contributed by atoms with Gasteiger partial charge in [0.15, 0.2) is 6.29 Å². The van der Waals surface area contributed by atoms with Gasteiger partial charge in [0.2, 0.25) is 0 Å². The molecule has 0 amide bonds. The highest BCUT2D eigenvalue weighted by molar-refractivity contribution is 5.81. The van der Waals surface area contributed by atoms with E-state index in [1.807, 2.05) is 0 Å². The summed E-state index contributed by atoms with van der Waals surface area (Å²) in [6, 6.07) is 0. The zero-order valence-corrected chi connectivity index (χ0v) is 16.3. The molecule has 148 valence electrons. The smallest absolute Gasteiger partial charge is 0.330 e. The summed E-state index contributed by atoms with van der Waals surface area (Å²) in [4.78, 5) is 22.2. The Bertz CT molecular complexity index is 489. The van der Waals surface area contributed by atoms with Gasteiger partial charge in [-0.3, -0.25) is 0 Å². The first-order valence-electron chi connectivity index (χ1n) is 9.10. The zero-order chi connectivity index (χ0) is 19.6. The van der Waals surface area contributed by atoms with Crippen molar-refractivity contribution in [1.29, 1.82) is 0 Å². The van der Waals surface area contributed by atoms with E-state index in [4.69, 9.17) is 18.9 Å². The van der Waals surface area contributed by atoms with Crippen LogP contribution in [-0.2, 0) is 28.5 Å². The van der Waals surface area contributed by atoms with Crippen LogP contribution in [0.4, 0.5) is 0 Å². The number of rotatable bonds is 11. The summed E-state index contributed by atoms with van der Waals surface area (Å²) in [6.45, 7) is 14.8. The van der Waals surface area contributed by atoms with Gasteiger partial charge in [-0.1, -0.05) is 33.9 Å². The van der Waals surface area contributed by atoms with Crippen molar-refractivity contribution in [3.63, 3.8) is 0 Å². The summed E-state index contributed by atoms with van der Waals surface area (Å²) in [5.41, 5.74) is -0.344. The lowest BCUT2D eigenvalue weighted by Gasteiger charge is -2.44. The Morgan fingerprint density at radius 1 is 1.12 bits per heavy atom. The molecule has 0 saturated carbocycles. The highest BCUT2D eigenvalue weighted by Crippen LogP contribution is 2.38. The second-order valence-corrected chi connectivity index (χ2v) is 7.39. The number of carbonyl (C=O) groups is 2. The Morgan fingerprint density at radius 2 is 1.65 bits per heavy atom. The molecule has 6 heteroatoms. The molecular formula is C20H32O6. The zero-order valence-electron chi connectivity index (χ0n) is 16.3. The second-order valence-electron chi connectivity index (χ2n) is 7.39. The van der Waals surface area contributed by atoms with Gasteiger partial charge in [-0.25, -0.2) is 9.59 Å². The van der Waals surface area contributed by atoms with Crippen molar-refractivity contribution in [3.8, 4) is 0 Å². The molecule has 1 saturated heterocycles. The maximum absolute atomic E-state index is 11.2. The van der Waals surface area contributed by atoms with E-state index in [0.29, 0.717) is 32.8 Å². The summed E-state index contributed by atoms with van der Waals surface area (Å²) in [7, 11) is 0. The molecule has 0 radical (unpaired) electrons. The number of hydrogen-bond acceptors (Lipinski definition) is 6. The Morgan fingerprint density at radius 3 is 2.15 bits per heavy atom. The van der Waals surface area contributed by atoms with Crippen LogP contribution in [0.1, 0.15) is 46.5 Å². The molecule has 0 spiro atoms. The largest absolute Gasteiger partial charge is 0.463 e. The Hall–Kier alpha value is -1.66. The number of carbonyl (C=O) groups excluding carboxylic acids is 2. The van der Waals surface area contributed by atoms with Crippen LogP contribution in [-0.4, -0.2) is 44.7 Å². The van der Waals surface area contributed by atoms with Crippen molar-refractivity contribution in [1.82, 2.24) is 0 Å². The molecule has 0 aromatic rings. The lowest BCUT2D eigenvalue weighted by Crippen LogP contribution is -2.47. The van der Waals surface area contributed by atoms with Gasteiger partial charge in [0.1, 0.15) is 0 Å². The van der Waals surface area contributed by atoms with Crippen LogP contribution in [0.15, 0.2) is 25.3 Å². The molecule has 0 atom stereocenters. The first-order valence-corrected chi connectivity index (χ1v) is 9.10. The molecule has 1 fully saturated rings. The molecule has 0 aliphatic carbocycles. The normalized spacial score (nSPS) is 23.1. The van der Waals surface area contributed by atoms with Gasteiger partial charge in [0.25, 0.3) is 0 Å². The molecule has 1 heterocycles. The van der Waals surface area contributed by atoms with Gasteiger partial charge in [0.05, 0.1) is 26.4 Å². The Kier molecular flexibility index (Phi) is 9.02. The van der Waals surface area contributed by atoms with Crippen LogP contribution < -0.4 is 0 Å². The topological polar surface area (TPSA) is 71.1 Å². The average Bonchev–Trinajstić information content (AvgIpc) is 2.65. The van der Waals surface area contributed by atoms with Gasteiger partial charge >= 0.3 is 11.9 Å². The van der Waals surface area contributed by atoms with E-state index >= 15 is 0 Å². The van der Waals surface area contributed by atoms with Crippen molar-refractivity contribution in [2.24, 2.45) is 10.8 Å². The van der Waals surface area contributed by atoms with Crippen molar-refractivity contribution in [3.05, 3.63) is 25.3 Å². The van der Waals surface area contributed by atoms with Gasteiger partial charge in [-0.05, 0) is 25.7 Å². The van der Waals surface area contributed by atoms with Crippen LogP contribution in [0.25, 0.3) is 0 Å². The molecule has 0 aromatic carbocycles. The summed E-state index contributed by atoms with van der Waals surface area (Å²) in [6.07, 6.45) is 5.11. The first kappa shape index (κ1) is 22.4. The molecule has 0 aromatic heterocycles. The van der Waals surface area contributed by atoms with Crippen molar-refractivity contribution in [2.45, 2.75) is 52.7 Å². The molecule has 0 N–H and O–H groups in total. The summed E-state index contributed by atoms with van der Waals surface area (Å²) >= 11 is 0. The molecule has 0 unspecified atom stereocenters. The average molecular weight is 368 g/mol. The first-order chi connectivity index (χ1) is 12.3. The maximum Gasteiger partial charge on any atom is 0.330 e. The van der Waals surface area contributed by atoms with Crippen molar-refractivity contribution in [2.75, 3.05) is 26.4 Å². The molecule has 26 heavy (non-hydrogen) atoms. The van der Waals surface area contributed by atoms with E-state index < -0.39 is 11.9 Å². The third-order valence-corrected chi connectivity index (χ3v) is 4.89. The molecule has 1 aliphatic heterocycles. The predicted octanol–water partition coefficient (Wildman–Crippen LogP) is 3.41. The Balaban J connectivity index is 2.43. The fourth-order valence-electron chi connectivity index (χ4n) is 2.88. The van der Waals surface area contributed by atoms with Crippen LogP contribution in [0, 0.1) is 10.8 Å². The van der Waals surface area contributed by atoms with Crippen LogP contribution in [0.5, 0.6) is 0 Å². The van der Waals surface area contributed by atoms with Gasteiger partial charge < -0.3 is 18.9 Å². The van der Waals surface area contributed by atoms with E-state index in [2.05, 4.69) is 33.9 Å². The summed E-state index contributed by atoms with van der Waals surface area (Å²) in [5.74, 6) is -0.817. The minimum atomic E-state index is -0.412. The van der Waals surface area contributed by atoms with Crippen LogP contribution in [0.3, 0.4) is 0 Å². The molecule has 6 nitrogen and oxygen atoms in total. The summed E-state index contributed by atoms with van der Waals surface area (Å²) < 4.78 is 22.2. The third kappa shape index (κ3) is 6.92. The Labute approximate surface area is 156 Å². The SMILES string of the molecule is C=CC(=O)OCCCC(C)(C)C1OCC(CC)(CCOC(=O)C=C)CO1. The highest BCUT2D eigenvalue weighted by Gasteiger charge is 2.41. The summed E-state index contributed by atoms with van der Waals surface area (Å²) in [5, 5.41) is 0. The minimum absolute atomic E-state index is 0.145. The fraction of sp³-hybridized carbons (Fsp3) is 0.700. The highest BCUT2D eigenvalue weighted by atomic mass is 16.7. The van der Waals surface area contributed by atoms with Crippen LogP contribution >= 0.6 is 0 Å². The monoisotopic (exact) mass is 368 g/mol.